The average Bonchev–Trinajstić information content (AvgIpc) is 2.75. The fraction of sp³-hybridized carbons (Fsp3) is 0.440. The molecule has 2 aromatic carbocycles. The largest absolute Gasteiger partial charge is 0.444 e. The average molecular weight is 475 g/mol. The maximum atomic E-state index is 13.5. The Morgan fingerprint density at radius 2 is 1.69 bits per heavy atom. The van der Waals surface area contributed by atoms with Crippen LogP contribution in [0.4, 0.5) is 4.79 Å². The van der Waals surface area contributed by atoms with Gasteiger partial charge >= 0.3 is 6.09 Å². The van der Waals surface area contributed by atoms with Gasteiger partial charge in [0.1, 0.15) is 5.60 Å². The number of likely N-dealkylation sites (tertiary alicyclic amines) is 2. The molecule has 1 spiro atoms. The zero-order valence-corrected chi connectivity index (χ0v) is 20.1. The van der Waals surface area contributed by atoms with E-state index in [0.29, 0.717) is 42.5 Å². The highest BCUT2D eigenvalue weighted by Crippen LogP contribution is 2.56. The van der Waals surface area contributed by atoms with E-state index >= 15 is 0 Å². The Bertz CT molecular complexity index is 1010. The van der Waals surface area contributed by atoms with Crippen LogP contribution in [0.25, 0.3) is 0 Å². The molecular formula is C25H28Cl2N2O3. The molecule has 170 valence electrons. The molecular weight excluding hydrogens is 447 g/mol. The van der Waals surface area contributed by atoms with Crippen LogP contribution in [0.15, 0.2) is 48.5 Å². The number of ether oxygens (including phenoxy) is 1. The molecule has 0 aliphatic carbocycles. The molecule has 7 heteroatoms. The maximum absolute atomic E-state index is 13.5. The van der Waals surface area contributed by atoms with Crippen LogP contribution in [-0.4, -0.2) is 40.5 Å². The predicted octanol–water partition coefficient (Wildman–Crippen LogP) is 6.09. The lowest BCUT2D eigenvalue weighted by atomic mass is 9.62. The third-order valence-electron chi connectivity index (χ3n) is 6.31. The smallest absolute Gasteiger partial charge is 0.410 e. The van der Waals surface area contributed by atoms with E-state index in [4.69, 9.17) is 27.9 Å². The van der Waals surface area contributed by atoms with Crippen LogP contribution in [0.3, 0.4) is 0 Å². The van der Waals surface area contributed by atoms with Crippen molar-refractivity contribution in [3.05, 3.63) is 69.7 Å². The van der Waals surface area contributed by atoms with Gasteiger partial charge in [0.15, 0.2) is 0 Å². The van der Waals surface area contributed by atoms with E-state index in [-0.39, 0.29) is 18.0 Å². The molecule has 2 fully saturated rings. The summed E-state index contributed by atoms with van der Waals surface area (Å²) in [5, 5.41) is 1.31. The summed E-state index contributed by atoms with van der Waals surface area (Å²) in [6.45, 7) is 7.00. The quantitative estimate of drug-likeness (QED) is 0.505. The second-order valence-electron chi connectivity index (χ2n) is 9.60. The number of benzene rings is 2. The van der Waals surface area contributed by atoms with Gasteiger partial charge in [-0.2, -0.15) is 0 Å². The number of hydrogen-bond acceptors (Lipinski definition) is 3. The molecule has 0 saturated carbocycles. The lowest BCUT2D eigenvalue weighted by Crippen LogP contribution is -2.66. The number of nitrogens with zero attached hydrogens (tertiary/aromatic N) is 2. The van der Waals surface area contributed by atoms with Gasteiger partial charge in [-0.15, -0.1) is 0 Å². The summed E-state index contributed by atoms with van der Waals surface area (Å²) >= 11 is 12.5. The topological polar surface area (TPSA) is 49.9 Å². The first-order valence-corrected chi connectivity index (χ1v) is 11.6. The minimum atomic E-state index is -0.546. The summed E-state index contributed by atoms with van der Waals surface area (Å²) in [5.41, 5.74) is 0.887. The van der Waals surface area contributed by atoms with Crippen LogP contribution in [0, 0.1) is 5.41 Å². The molecule has 2 saturated heterocycles. The highest BCUT2D eigenvalue weighted by atomic mass is 35.5. The molecule has 2 aliphatic rings. The van der Waals surface area contributed by atoms with Gasteiger partial charge in [-0.3, -0.25) is 4.79 Å². The number of β-lactam (4-membered cyclic amide) rings is 1. The molecule has 1 atom stereocenters. The Balaban J connectivity index is 1.57. The van der Waals surface area contributed by atoms with Gasteiger partial charge in [-0.1, -0.05) is 53.5 Å². The fourth-order valence-corrected chi connectivity index (χ4v) is 5.09. The Hall–Kier alpha value is -2.24. The number of hydrogen-bond donors (Lipinski definition) is 0. The van der Waals surface area contributed by atoms with Crippen molar-refractivity contribution in [2.75, 3.05) is 13.1 Å². The molecule has 0 bridgehead atoms. The molecule has 1 unspecified atom stereocenters. The van der Waals surface area contributed by atoms with Crippen molar-refractivity contribution in [1.82, 2.24) is 9.80 Å². The Labute approximate surface area is 199 Å². The number of amides is 2. The summed E-state index contributed by atoms with van der Waals surface area (Å²) in [6.07, 6.45) is 0.865. The molecule has 5 nitrogen and oxygen atoms in total. The third-order valence-corrected chi connectivity index (χ3v) is 6.93. The van der Waals surface area contributed by atoms with Crippen molar-refractivity contribution in [2.24, 2.45) is 5.41 Å². The lowest BCUT2D eigenvalue weighted by Gasteiger charge is -2.59. The Kier molecular flexibility index (Phi) is 6.17. The first-order chi connectivity index (χ1) is 15.1. The van der Waals surface area contributed by atoms with Crippen LogP contribution in [0.5, 0.6) is 0 Å². The van der Waals surface area contributed by atoms with E-state index in [1.165, 1.54) is 0 Å². The molecule has 0 aromatic heterocycles. The van der Waals surface area contributed by atoms with Crippen molar-refractivity contribution in [3.63, 3.8) is 0 Å². The minimum absolute atomic E-state index is 0.0932. The van der Waals surface area contributed by atoms with Gasteiger partial charge in [0.2, 0.25) is 5.91 Å². The van der Waals surface area contributed by atoms with Gasteiger partial charge < -0.3 is 14.5 Å². The van der Waals surface area contributed by atoms with Crippen molar-refractivity contribution in [1.29, 1.82) is 0 Å². The van der Waals surface area contributed by atoms with Crippen LogP contribution in [-0.2, 0) is 16.1 Å². The fourth-order valence-electron chi connectivity index (χ4n) is 4.77. The van der Waals surface area contributed by atoms with Crippen LogP contribution in [0.1, 0.15) is 50.8 Å². The number of carbonyl (C=O) groups excluding carboxylic acids is 2. The van der Waals surface area contributed by atoms with Gasteiger partial charge in [0.05, 0.1) is 11.5 Å². The monoisotopic (exact) mass is 474 g/mol. The highest BCUT2D eigenvalue weighted by molar-refractivity contribution is 6.31. The van der Waals surface area contributed by atoms with Gasteiger partial charge in [-0.05, 0) is 62.9 Å². The standard InChI is InChI=1S/C25H28Cl2N2O3/c1-24(2,3)32-23(31)28-14-12-25(13-15-28)21(17-8-10-19(26)11-9-17)29(22(25)30)16-18-6-4-5-7-20(18)27/h4-11,21H,12-16H2,1-3H3. The van der Waals surface area contributed by atoms with E-state index in [1.54, 1.807) is 4.90 Å². The number of rotatable bonds is 3. The van der Waals surface area contributed by atoms with E-state index in [0.717, 1.165) is 11.1 Å². The SMILES string of the molecule is CC(C)(C)OC(=O)N1CCC2(CC1)C(=O)N(Cc1ccccc1Cl)C2c1ccc(Cl)cc1. The normalized spacial score (nSPS) is 20.3. The molecule has 2 aromatic rings. The van der Waals surface area contributed by atoms with Gasteiger partial charge in [-0.25, -0.2) is 4.79 Å². The molecule has 2 aliphatic heterocycles. The van der Waals surface area contributed by atoms with Crippen LogP contribution < -0.4 is 0 Å². The van der Waals surface area contributed by atoms with E-state index in [1.807, 2.05) is 74.2 Å². The van der Waals surface area contributed by atoms with E-state index in [9.17, 15) is 9.59 Å². The molecule has 32 heavy (non-hydrogen) atoms. The molecule has 2 heterocycles. The van der Waals surface area contributed by atoms with Gasteiger partial charge in [0.25, 0.3) is 0 Å². The second-order valence-corrected chi connectivity index (χ2v) is 10.4. The summed E-state index contributed by atoms with van der Waals surface area (Å²) < 4.78 is 5.52. The second kappa shape index (κ2) is 8.60. The summed E-state index contributed by atoms with van der Waals surface area (Å²) in [4.78, 5) is 29.7. The molecule has 0 N–H and O–H groups in total. The van der Waals surface area contributed by atoms with Crippen LogP contribution in [0.2, 0.25) is 10.0 Å². The van der Waals surface area contributed by atoms with E-state index < -0.39 is 11.0 Å². The van der Waals surface area contributed by atoms with Crippen molar-refractivity contribution >= 4 is 35.2 Å². The van der Waals surface area contributed by atoms with E-state index in [2.05, 4.69) is 0 Å². The van der Waals surface area contributed by atoms with Crippen LogP contribution >= 0.6 is 23.2 Å². The number of carbonyl (C=O) groups is 2. The molecule has 4 rings (SSSR count). The third kappa shape index (κ3) is 4.33. The first kappa shape index (κ1) is 22.9. The summed E-state index contributed by atoms with van der Waals surface area (Å²) in [5.74, 6) is 0.112. The minimum Gasteiger partial charge on any atom is -0.444 e. The number of piperidine rings is 1. The summed E-state index contributed by atoms with van der Waals surface area (Å²) in [6, 6.07) is 15.2. The van der Waals surface area contributed by atoms with Crippen molar-refractivity contribution in [2.45, 2.75) is 51.8 Å². The molecule has 0 radical (unpaired) electrons. The zero-order chi connectivity index (χ0) is 23.1. The first-order valence-electron chi connectivity index (χ1n) is 10.9. The molecule has 2 amide bonds. The predicted molar refractivity (Wildman–Crippen MR) is 126 cm³/mol. The van der Waals surface area contributed by atoms with Gasteiger partial charge in [0, 0.05) is 29.7 Å². The maximum Gasteiger partial charge on any atom is 0.410 e. The summed E-state index contributed by atoms with van der Waals surface area (Å²) in [7, 11) is 0. The van der Waals surface area contributed by atoms with Crippen molar-refractivity contribution in [3.8, 4) is 0 Å². The Morgan fingerprint density at radius 1 is 1.06 bits per heavy atom. The lowest BCUT2D eigenvalue weighted by molar-refractivity contribution is -0.181. The Morgan fingerprint density at radius 3 is 2.28 bits per heavy atom. The highest BCUT2D eigenvalue weighted by Gasteiger charge is 2.61. The zero-order valence-electron chi connectivity index (χ0n) is 18.6. The van der Waals surface area contributed by atoms with Crippen molar-refractivity contribution < 1.29 is 14.3 Å². The number of halogens is 2.